The summed E-state index contributed by atoms with van der Waals surface area (Å²) in [6.45, 7) is 9.47. The Morgan fingerprint density at radius 2 is 0.939 bits per heavy atom. The Bertz CT molecular complexity index is 2410. The number of hydrogen-bond acceptors (Lipinski definition) is 12. The van der Waals surface area contributed by atoms with Crippen LogP contribution in [-0.4, -0.2) is 101 Å². The number of carboxylic acids is 2. The van der Waals surface area contributed by atoms with Gasteiger partial charge in [0.1, 0.15) is 24.7 Å². The van der Waals surface area contributed by atoms with Crippen molar-refractivity contribution in [2.75, 3.05) is 60.1 Å². The summed E-state index contributed by atoms with van der Waals surface area (Å²) in [4.78, 5) is 27.8. The first-order valence-corrected chi connectivity index (χ1v) is 27.4. The van der Waals surface area contributed by atoms with Gasteiger partial charge in [0, 0.05) is 47.4 Å². The number of anilines is 4. The number of sulfone groups is 2. The van der Waals surface area contributed by atoms with Crippen LogP contribution < -0.4 is 19.3 Å². The average molecular weight is 991 g/mol. The van der Waals surface area contributed by atoms with E-state index >= 15 is 0 Å². The normalized spacial score (nSPS) is 18.6. The van der Waals surface area contributed by atoms with Crippen molar-refractivity contribution in [1.82, 2.24) is 0 Å². The monoisotopic (exact) mass is 990 g/mol. The average Bonchev–Trinajstić information content (AvgIpc) is 3.47. The molecule has 4 aromatic carbocycles. The predicted octanol–water partition coefficient (Wildman–Crippen LogP) is 10.7. The highest BCUT2D eigenvalue weighted by Gasteiger charge is 2.44. The molecule has 18 heteroatoms. The lowest BCUT2D eigenvalue weighted by molar-refractivity contribution is -0.152. The van der Waals surface area contributed by atoms with E-state index in [0.717, 1.165) is 25.2 Å². The van der Waals surface area contributed by atoms with Gasteiger partial charge < -0.3 is 29.5 Å². The molecule has 2 heterocycles. The number of carbonyl (C=O) groups is 2. The van der Waals surface area contributed by atoms with Gasteiger partial charge in [0.05, 0.1) is 42.5 Å². The lowest BCUT2D eigenvalue weighted by Crippen LogP contribution is -2.37. The van der Waals surface area contributed by atoms with Crippen LogP contribution >= 0.6 is 23.5 Å². The second-order valence-corrected chi connectivity index (χ2v) is 22.9. The van der Waals surface area contributed by atoms with Crippen LogP contribution in [0.15, 0.2) is 105 Å². The fourth-order valence-corrected chi connectivity index (χ4v) is 13.6. The Hall–Kier alpha value is -4.52. The van der Waals surface area contributed by atoms with Crippen LogP contribution in [0.5, 0.6) is 11.5 Å². The second-order valence-electron chi connectivity index (χ2n) is 17.3. The third-order valence-electron chi connectivity index (χ3n) is 12.7. The molecule has 12 nitrogen and oxygen atoms in total. The molecular formula is C48H60F2N2O10S4. The van der Waals surface area contributed by atoms with Gasteiger partial charge in [0.25, 0.3) is 0 Å². The molecular weight excluding hydrogens is 931 g/mol. The molecule has 0 aromatic heterocycles. The van der Waals surface area contributed by atoms with Crippen LogP contribution in [0.1, 0.15) is 67.2 Å². The fourth-order valence-electron chi connectivity index (χ4n) is 8.00. The van der Waals surface area contributed by atoms with Crippen molar-refractivity contribution < 1.29 is 54.9 Å². The molecule has 0 unspecified atom stereocenters. The quantitative estimate of drug-likeness (QED) is 0.102. The molecule has 2 aliphatic rings. The van der Waals surface area contributed by atoms with Crippen LogP contribution in [0.25, 0.3) is 0 Å². The Labute approximate surface area is 396 Å². The Morgan fingerprint density at radius 3 is 1.21 bits per heavy atom. The first-order valence-electron chi connectivity index (χ1n) is 21.6. The molecule has 360 valence electrons. The maximum Gasteiger partial charge on any atom is 0.344 e. The van der Waals surface area contributed by atoms with Gasteiger partial charge in [-0.25, -0.2) is 35.2 Å². The van der Waals surface area contributed by atoms with E-state index in [1.165, 1.54) is 35.7 Å². The lowest BCUT2D eigenvalue weighted by Gasteiger charge is -2.35. The van der Waals surface area contributed by atoms with Gasteiger partial charge in [-0.1, -0.05) is 64.1 Å². The maximum atomic E-state index is 14.3. The van der Waals surface area contributed by atoms with Crippen molar-refractivity contribution in [3.63, 3.8) is 0 Å². The number of benzene rings is 4. The van der Waals surface area contributed by atoms with E-state index in [2.05, 4.69) is 0 Å². The van der Waals surface area contributed by atoms with Crippen molar-refractivity contribution in [3.8, 4) is 11.5 Å². The molecule has 0 spiro atoms. The summed E-state index contributed by atoms with van der Waals surface area (Å²) in [5.41, 5.74) is -3.25. The van der Waals surface area contributed by atoms with E-state index in [1.807, 2.05) is 98.2 Å². The molecule has 2 aliphatic heterocycles. The van der Waals surface area contributed by atoms with Crippen molar-refractivity contribution in [3.05, 3.63) is 84.9 Å². The summed E-state index contributed by atoms with van der Waals surface area (Å²) in [6.07, 6.45) is 6.38. The molecule has 0 saturated heterocycles. The zero-order chi connectivity index (χ0) is 48.9. The van der Waals surface area contributed by atoms with Crippen LogP contribution in [0, 0.1) is 10.8 Å². The van der Waals surface area contributed by atoms with E-state index in [1.54, 1.807) is 24.6 Å². The van der Waals surface area contributed by atoms with E-state index in [9.17, 15) is 35.2 Å². The minimum atomic E-state index is -3.71. The van der Waals surface area contributed by atoms with Crippen LogP contribution in [-0.2, 0) is 29.3 Å². The number of hydrogen-bond donors (Lipinski definition) is 2. The molecule has 0 aliphatic carbocycles. The van der Waals surface area contributed by atoms with Crippen LogP contribution in [0.3, 0.4) is 0 Å². The van der Waals surface area contributed by atoms with Gasteiger partial charge in [-0.2, -0.15) is 0 Å². The van der Waals surface area contributed by atoms with Gasteiger partial charge in [-0.3, -0.25) is 0 Å². The molecule has 0 radical (unpaired) electrons. The summed E-state index contributed by atoms with van der Waals surface area (Å²) >= 11 is 2.65. The number of nitrogens with zero attached hydrogens (tertiary/aromatic N) is 2. The van der Waals surface area contributed by atoms with Crippen LogP contribution in [0.4, 0.5) is 31.5 Å². The minimum Gasteiger partial charge on any atom is -0.488 e. The molecule has 0 amide bonds. The number of aliphatic carboxylic acids is 2. The number of rotatable bonds is 16. The largest absolute Gasteiger partial charge is 0.488 e. The Kier molecular flexibility index (Phi) is 16.5. The zero-order valence-electron chi connectivity index (χ0n) is 38.6. The molecule has 4 aromatic rings. The molecule has 0 saturated carbocycles. The second kappa shape index (κ2) is 20.8. The highest BCUT2D eigenvalue weighted by atomic mass is 32.2. The number of thioether (sulfide) groups is 2. The first-order chi connectivity index (χ1) is 31.0. The van der Waals surface area contributed by atoms with E-state index < -0.39 is 67.0 Å². The van der Waals surface area contributed by atoms with Crippen molar-refractivity contribution in [1.29, 1.82) is 0 Å². The van der Waals surface area contributed by atoms with Crippen molar-refractivity contribution >= 4 is 77.9 Å². The molecule has 2 atom stereocenters. The molecule has 0 bridgehead atoms. The SMILES string of the molecule is CCC1(CC)CN(c2ccccc2)c2cc(SC)c(OC[C@@](C)(F)C(=O)O)cc2S(=O)(=O)C1.CCC1(CC)CN(c2ccccc2)c2cc(SC)c(OC[C@](C)(F)C(=O)O)cc2S(=O)(=O)C1. The summed E-state index contributed by atoms with van der Waals surface area (Å²) in [6, 6.07) is 25.6. The highest BCUT2D eigenvalue weighted by Crippen LogP contribution is 2.49. The number of carboxylic acid groups (broad SMARTS) is 2. The van der Waals surface area contributed by atoms with Crippen LogP contribution in [0.2, 0.25) is 0 Å². The Morgan fingerprint density at radius 1 is 0.621 bits per heavy atom. The number of fused-ring (bicyclic) bond motifs is 2. The molecule has 66 heavy (non-hydrogen) atoms. The molecule has 6 rings (SSSR count). The Balaban J connectivity index is 0.000000247. The van der Waals surface area contributed by atoms with Gasteiger partial charge in [-0.05, 0) is 88.4 Å². The van der Waals surface area contributed by atoms with Gasteiger partial charge in [0.2, 0.25) is 11.3 Å². The predicted molar refractivity (Wildman–Crippen MR) is 259 cm³/mol. The van der Waals surface area contributed by atoms with Gasteiger partial charge in [0.15, 0.2) is 19.7 Å². The third kappa shape index (κ3) is 11.4. The topological polar surface area (TPSA) is 168 Å². The smallest absolute Gasteiger partial charge is 0.344 e. The number of ether oxygens (including phenoxy) is 2. The number of alkyl halides is 2. The molecule has 0 fully saturated rings. The van der Waals surface area contributed by atoms with E-state index in [4.69, 9.17) is 19.7 Å². The van der Waals surface area contributed by atoms with E-state index in [0.29, 0.717) is 59.9 Å². The zero-order valence-corrected chi connectivity index (χ0v) is 41.9. The third-order valence-corrected chi connectivity index (χ3v) is 18.2. The summed E-state index contributed by atoms with van der Waals surface area (Å²) in [5.74, 6) is -3.00. The highest BCUT2D eigenvalue weighted by molar-refractivity contribution is 7.99. The van der Waals surface area contributed by atoms with E-state index in [-0.39, 0.29) is 32.8 Å². The van der Waals surface area contributed by atoms with Crippen molar-refractivity contribution in [2.45, 2.75) is 98.1 Å². The summed E-state index contributed by atoms with van der Waals surface area (Å²) in [5, 5.41) is 18.1. The standard InChI is InChI=1S/2C24H30FNO5S2/c2*1-5-24(6-2)14-26(17-10-8-7-9-11-17)18-12-20(32-4)19(13-21(18)33(29,30)16-24)31-15-23(3,25)22(27)28/h2*7-13H,5-6,14-16H2,1-4H3,(H,27,28)/t2*23-/m10/s1. The van der Waals surface area contributed by atoms with Crippen molar-refractivity contribution in [2.24, 2.45) is 10.8 Å². The minimum absolute atomic E-state index is 0.0165. The summed E-state index contributed by atoms with van der Waals surface area (Å²) in [7, 11) is -7.42. The molecule has 2 N–H and O–H groups in total. The number of para-hydroxylation sites is 2. The lowest BCUT2D eigenvalue weighted by atomic mass is 9.83. The fraction of sp³-hybridized carbons (Fsp3) is 0.458. The van der Waals surface area contributed by atoms with Gasteiger partial charge in [-0.15, -0.1) is 23.5 Å². The summed E-state index contributed by atoms with van der Waals surface area (Å²) < 4.78 is 94.1. The first kappa shape index (κ1) is 52.4. The number of halogens is 2. The maximum absolute atomic E-state index is 14.3. The van der Waals surface area contributed by atoms with Gasteiger partial charge >= 0.3 is 11.9 Å².